The maximum atomic E-state index is 12.8. The fourth-order valence-corrected chi connectivity index (χ4v) is 4.68. The van der Waals surface area contributed by atoms with Crippen LogP contribution in [-0.4, -0.2) is 40.3 Å². The van der Waals surface area contributed by atoms with Crippen molar-refractivity contribution in [1.29, 1.82) is 0 Å². The average Bonchev–Trinajstić information content (AvgIpc) is 3.44. The molecule has 0 aliphatic heterocycles. The van der Waals surface area contributed by atoms with E-state index in [1.807, 2.05) is 25.5 Å². The van der Waals surface area contributed by atoms with Crippen LogP contribution in [0.5, 0.6) is 5.88 Å². The molecule has 4 heterocycles. The van der Waals surface area contributed by atoms with E-state index in [9.17, 15) is 8.42 Å². The Labute approximate surface area is 190 Å². The van der Waals surface area contributed by atoms with E-state index < -0.39 is 10.0 Å². The number of benzene rings is 1. The van der Waals surface area contributed by atoms with Crippen molar-refractivity contribution in [1.82, 2.24) is 24.7 Å². The molecule has 10 heteroatoms. The van der Waals surface area contributed by atoms with Gasteiger partial charge in [-0.2, -0.15) is 5.10 Å². The summed E-state index contributed by atoms with van der Waals surface area (Å²) in [4.78, 5) is 12.2. The highest BCUT2D eigenvalue weighted by molar-refractivity contribution is 7.92. The number of aryl methyl sites for hydroxylation is 1. The molecule has 0 radical (unpaired) electrons. The summed E-state index contributed by atoms with van der Waals surface area (Å²) in [6.07, 6.45) is 8.95. The highest BCUT2D eigenvalue weighted by Crippen LogP contribution is 2.33. The summed E-state index contributed by atoms with van der Waals surface area (Å²) in [7, 11) is -0.506. The van der Waals surface area contributed by atoms with Gasteiger partial charge in [-0.1, -0.05) is 18.2 Å². The Morgan fingerprint density at radius 1 is 1.00 bits per heavy atom. The van der Waals surface area contributed by atoms with Crippen LogP contribution in [0.1, 0.15) is 0 Å². The van der Waals surface area contributed by atoms with Gasteiger partial charge < -0.3 is 9.72 Å². The van der Waals surface area contributed by atoms with Crippen LogP contribution in [0, 0.1) is 0 Å². The third kappa shape index (κ3) is 3.92. The topological polar surface area (TPSA) is 115 Å². The number of nitrogens with one attached hydrogen (secondary N) is 2. The van der Waals surface area contributed by atoms with Crippen LogP contribution in [0.25, 0.3) is 33.3 Å². The van der Waals surface area contributed by atoms with Gasteiger partial charge in [0.1, 0.15) is 11.3 Å². The van der Waals surface area contributed by atoms with Crippen LogP contribution in [-0.2, 0) is 17.1 Å². The zero-order valence-electron chi connectivity index (χ0n) is 17.9. The van der Waals surface area contributed by atoms with Gasteiger partial charge in [0.05, 0.1) is 18.2 Å². The van der Waals surface area contributed by atoms with Crippen molar-refractivity contribution in [3.8, 4) is 28.1 Å². The quantitative estimate of drug-likeness (QED) is 0.398. The molecule has 0 bridgehead atoms. The van der Waals surface area contributed by atoms with Gasteiger partial charge in [-0.15, -0.1) is 0 Å². The molecule has 4 aromatic heterocycles. The highest BCUT2D eigenvalue weighted by atomic mass is 32.2. The van der Waals surface area contributed by atoms with E-state index in [1.165, 1.54) is 19.2 Å². The second-order valence-corrected chi connectivity index (χ2v) is 9.11. The summed E-state index contributed by atoms with van der Waals surface area (Å²) in [6, 6.07) is 11.8. The molecular formula is C23H20N6O3S. The van der Waals surface area contributed by atoms with Crippen LogP contribution >= 0.6 is 0 Å². The first-order chi connectivity index (χ1) is 15.9. The smallest absolute Gasteiger partial charge is 0.262 e. The lowest BCUT2D eigenvalue weighted by atomic mass is 10.1. The number of anilines is 1. The Kier molecular flexibility index (Phi) is 5.06. The number of pyridine rings is 2. The molecule has 0 atom stereocenters. The molecule has 0 saturated carbocycles. The molecule has 2 N–H and O–H groups in total. The molecule has 0 aliphatic rings. The van der Waals surface area contributed by atoms with Crippen molar-refractivity contribution in [3.05, 3.63) is 73.4 Å². The molecule has 9 nitrogen and oxygen atoms in total. The minimum absolute atomic E-state index is 0.147. The Balaban J connectivity index is 1.56. The summed E-state index contributed by atoms with van der Waals surface area (Å²) in [5.41, 5.74) is 4.38. The number of aromatic amines is 1. The SMILES string of the molecule is COc1ncc(-c2cnc3[nH]cc(-c4cnn(C)c4)c3c2)cc1NS(=O)(=O)c1ccccc1. The molecule has 33 heavy (non-hydrogen) atoms. The van der Waals surface area contributed by atoms with Crippen LogP contribution in [0.4, 0.5) is 5.69 Å². The minimum Gasteiger partial charge on any atom is -0.480 e. The van der Waals surface area contributed by atoms with Gasteiger partial charge in [-0.05, 0) is 24.3 Å². The predicted octanol–water partition coefficient (Wildman–Crippen LogP) is 3.83. The molecule has 0 amide bonds. The summed E-state index contributed by atoms with van der Waals surface area (Å²) in [6.45, 7) is 0. The Bertz CT molecular complexity index is 1560. The van der Waals surface area contributed by atoms with Crippen LogP contribution in [0.3, 0.4) is 0 Å². The number of H-pyrrole nitrogens is 1. The van der Waals surface area contributed by atoms with Crippen molar-refractivity contribution in [2.24, 2.45) is 7.05 Å². The zero-order valence-corrected chi connectivity index (χ0v) is 18.7. The summed E-state index contributed by atoms with van der Waals surface area (Å²) in [5.74, 6) is 0.171. The molecule has 1 aromatic carbocycles. The third-order valence-corrected chi connectivity index (χ3v) is 6.60. The Hall–Kier alpha value is -4.18. The lowest BCUT2D eigenvalue weighted by molar-refractivity contribution is 0.400. The van der Waals surface area contributed by atoms with Gasteiger partial charge in [-0.3, -0.25) is 9.40 Å². The van der Waals surface area contributed by atoms with E-state index in [1.54, 1.807) is 47.5 Å². The van der Waals surface area contributed by atoms with Gasteiger partial charge in [0.15, 0.2) is 0 Å². The van der Waals surface area contributed by atoms with Crippen LogP contribution in [0.2, 0.25) is 0 Å². The van der Waals surface area contributed by atoms with E-state index in [2.05, 4.69) is 24.8 Å². The Morgan fingerprint density at radius 3 is 2.48 bits per heavy atom. The van der Waals surface area contributed by atoms with Crippen molar-refractivity contribution in [2.75, 3.05) is 11.8 Å². The van der Waals surface area contributed by atoms with Gasteiger partial charge in [0, 0.05) is 59.5 Å². The van der Waals surface area contributed by atoms with Crippen LogP contribution < -0.4 is 9.46 Å². The maximum absolute atomic E-state index is 12.8. The number of rotatable bonds is 6. The van der Waals surface area contributed by atoms with Crippen LogP contribution in [0.15, 0.2) is 78.3 Å². The van der Waals surface area contributed by atoms with Crippen molar-refractivity contribution >= 4 is 26.7 Å². The number of ether oxygens (including phenoxy) is 1. The molecule has 166 valence electrons. The van der Waals surface area contributed by atoms with E-state index in [-0.39, 0.29) is 16.5 Å². The molecular weight excluding hydrogens is 440 g/mol. The fourth-order valence-electron chi connectivity index (χ4n) is 3.61. The summed E-state index contributed by atoms with van der Waals surface area (Å²) >= 11 is 0. The predicted molar refractivity (Wildman–Crippen MR) is 125 cm³/mol. The summed E-state index contributed by atoms with van der Waals surface area (Å²) < 4.78 is 35.3. The number of hydrogen-bond donors (Lipinski definition) is 2. The zero-order chi connectivity index (χ0) is 23.0. The molecule has 0 fully saturated rings. The monoisotopic (exact) mass is 460 g/mol. The lowest BCUT2D eigenvalue weighted by Crippen LogP contribution is -2.14. The van der Waals surface area contributed by atoms with E-state index in [4.69, 9.17) is 4.74 Å². The third-order valence-electron chi connectivity index (χ3n) is 5.22. The minimum atomic E-state index is -3.81. The number of sulfonamides is 1. The Morgan fingerprint density at radius 2 is 1.76 bits per heavy atom. The number of fused-ring (bicyclic) bond motifs is 1. The first-order valence-corrected chi connectivity index (χ1v) is 11.5. The first kappa shape index (κ1) is 20.7. The van der Waals surface area contributed by atoms with E-state index in [0.29, 0.717) is 5.56 Å². The second-order valence-electron chi connectivity index (χ2n) is 7.42. The number of methoxy groups -OCH3 is 1. The second kappa shape index (κ2) is 8.06. The van der Waals surface area contributed by atoms with Gasteiger partial charge in [0.25, 0.3) is 10.0 Å². The fraction of sp³-hybridized carbons (Fsp3) is 0.0870. The van der Waals surface area contributed by atoms with Crippen molar-refractivity contribution in [2.45, 2.75) is 4.90 Å². The number of hydrogen-bond acceptors (Lipinski definition) is 6. The molecule has 0 unspecified atom stereocenters. The average molecular weight is 461 g/mol. The molecule has 0 aliphatic carbocycles. The molecule has 0 spiro atoms. The molecule has 5 aromatic rings. The largest absolute Gasteiger partial charge is 0.480 e. The summed E-state index contributed by atoms with van der Waals surface area (Å²) in [5, 5.41) is 5.16. The van der Waals surface area contributed by atoms with Crippen molar-refractivity contribution in [3.63, 3.8) is 0 Å². The van der Waals surface area contributed by atoms with Gasteiger partial charge in [-0.25, -0.2) is 18.4 Å². The normalized spacial score (nSPS) is 11.6. The standard InChI is InChI=1S/C23H20N6O3S/c1-29-14-17(12-27-29)20-13-25-22-19(20)8-15(10-24-22)16-9-21(23(32-2)26-11-16)28-33(30,31)18-6-4-3-5-7-18/h3-14,28H,1-2H3,(H,24,25). The number of nitrogens with zero attached hydrogens (tertiary/aromatic N) is 4. The van der Waals surface area contributed by atoms with Gasteiger partial charge >= 0.3 is 0 Å². The number of aromatic nitrogens is 5. The first-order valence-electron chi connectivity index (χ1n) is 10.0. The van der Waals surface area contributed by atoms with Crippen molar-refractivity contribution < 1.29 is 13.2 Å². The maximum Gasteiger partial charge on any atom is 0.262 e. The lowest BCUT2D eigenvalue weighted by Gasteiger charge is -2.13. The highest BCUT2D eigenvalue weighted by Gasteiger charge is 2.18. The van der Waals surface area contributed by atoms with E-state index >= 15 is 0 Å². The molecule has 0 saturated heterocycles. The van der Waals surface area contributed by atoms with E-state index in [0.717, 1.165) is 27.7 Å². The molecule has 5 rings (SSSR count). The van der Waals surface area contributed by atoms with Gasteiger partial charge in [0.2, 0.25) is 5.88 Å².